The highest BCUT2D eigenvalue weighted by Crippen LogP contribution is 2.35. The minimum atomic E-state index is -2.72. The minimum Gasteiger partial charge on any atom is -0.350 e. The number of nitrogens with one attached hydrogen (secondary N) is 1. The molecule has 11 heteroatoms. The van der Waals surface area contributed by atoms with Crippen LogP contribution in [0.15, 0.2) is 6.20 Å². The van der Waals surface area contributed by atoms with Gasteiger partial charge in [-0.3, -0.25) is 0 Å². The van der Waals surface area contributed by atoms with Gasteiger partial charge in [0.2, 0.25) is 0 Å². The SMILES string of the molecule is CC(c1nn[nH]n1)n1ncc2c(N3CCC(F)(F)C3)nc(C(C)(C)C)nc21. The predicted molar refractivity (Wildman–Crippen MR) is 93.8 cm³/mol. The molecule has 1 unspecified atom stereocenters. The summed E-state index contributed by atoms with van der Waals surface area (Å²) in [6.45, 7) is 7.72. The number of aromatic amines is 1. The Balaban J connectivity index is 1.88. The second kappa shape index (κ2) is 5.89. The van der Waals surface area contributed by atoms with E-state index < -0.39 is 5.92 Å². The molecule has 4 rings (SSSR count). The molecule has 1 aliphatic heterocycles. The lowest BCUT2D eigenvalue weighted by Crippen LogP contribution is -2.27. The zero-order valence-electron chi connectivity index (χ0n) is 15.6. The Labute approximate surface area is 154 Å². The fourth-order valence-corrected chi connectivity index (χ4v) is 3.14. The number of nitrogens with zero attached hydrogens (tertiary/aromatic N) is 8. The average molecular weight is 377 g/mol. The molecule has 0 aromatic carbocycles. The highest BCUT2D eigenvalue weighted by molar-refractivity contribution is 5.87. The molecule has 0 bridgehead atoms. The van der Waals surface area contributed by atoms with E-state index in [-0.39, 0.29) is 31.0 Å². The Bertz CT molecular complexity index is 958. The number of hydrogen-bond acceptors (Lipinski definition) is 7. The molecule has 9 nitrogen and oxygen atoms in total. The first-order chi connectivity index (χ1) is 12.7. The lowest BCUT2D eigenvalue weighted by molar-refractivity contribution is 0.0257. The van der Waals surface area contributed by atoms with Crippen LogP contribution in [-0.2, 0) is 5.41 Å². The van der Waals surface area contributed by atoms with E-state index in [0.717, 1.165) is 0 Å². The van der Waals surface area contributed by atoms with Crippen molar-refractivity contribution in [3.63, 3.8) is 0 Å². The molecule has 1 aliphatic rings. The van der Waals surface area contributed by atoms with E-state index in [4.69, 9.17) is 4.98 Å². The standard InChI is InChI=1S/C16H21F2N9/c1-9(11-22-24-25-23-11)27-13-10(7-19-27)12(20-14(21-13)15(2,3)4)26-6-5-16(17,18)8-26/h7,9H,5-6,8H2,1-4H3,(H,22,23,24,25). The summed E-state index contributed by atoms with van der Waals surface area (Å²) in [7, 11) is 0. The number of tetrazole rings is 1. The Morgan fingerprint density at radius 3 is 2.63 bits per heavy atom. The van der Waals surface area contributed by atoms with Crippen molar-refractivity contribution in [2.45, 2.75) is 51.5 Å². The van der Waals surface area contributed by atoms with Gasteiger partial charge in [0.25, 0.3) is 5.92 Å². The fraction of sp³-hybridized carbons (Fsp3) is 0.625. The minimum absolute atomic E-state index is 0.184. The van der Waals surface area contributed by atoms with Crippen LogP contribution >= 0.6 is 0 Å². The number of rotatable bonds is 3. The average Bonchev–Trinajstić information content (AvgIpc) is 3.31. The van der Waals surface area contributed by atoms with Crippen LogP contribution in [0.25, 0.3) is 11.0 Å². The number of hydrogen-bond donors (Lipinski definition) is 1. The summed E-state index contributed by atoms with van der Waals surface area (Å²) in [5, 5.41) is 19.1. The van der Waals surface area contributed by atoms with Crippen molar-refractivity contribution in [3.8, 4) is 0 Å². The van der Waals surface area contributed by atoms with Crippen LogP contribution in [-0.4, -0.2) is 59.4 Å². The molecular weight excluding hydrogens is 356 g/mol. The van der Waals surface area contributed by atoms with Crippen molar-refractivity contribution in [3.05, 3.63) is 17.8 Å². The lowest BCUT2D eigenvalue weighted by atomic mass is 9.95. The zero-order chi connectivity index (χ0) is 19.4. The topological polar surface area (TPSA) is 101 Å². The molecular formula is C16H21F2N9. The van der Waals surface area contributed by atoms with E-state index in [2.05, 4.69) is 30.7 Å². The van der Waals surface area contributed by atoms with E-state index in [1.807, 2.05) is 27.7 Å². The summed E-state index contributed by atoms with van der Waals surface area (Å²) in [6, 6.07) is -0.322. The van der Waals surface area contributed by atoms with E-state index >= 15 is 0 Å². The molecule has 27 heavy (non-hydrogen) atoms. The van der Waals surface area contributed by atoms with Gasteiger partial charge in [0.1, 0.15) is 17.7 Å². The zero-order valence-corrected chi connectivity index (χ0v) is 15.6. The maximum Gasteiger partial charge on any atom is 0.266 e. The smallest absolute Gasteiger partial charge is 0.266 e. The van der Waals surface area contributed by atoms with E-state index in [0.29, 0.717) is 28.5 Å². The van der Waals surface area contributed by atoms with Crippen LogP contribution < -0.4 is 4.90 Å². The second-order valence-corrected chi connectivity index (χ2v) is 7.92. The third-order valence-corrected chi connectivity index (χ3v) is 4.68. The van der Waals surface area contributed by atoms with E-state index in [1.54, 1.807) is 15.8 Å². The molecule has 1 saturated heterocycles. The van der Waals surface area contributed by atoms with Crippen LogP contribution in [0.5, 0.6) is 0 Å². The Hall–Kier alpha value is -2.72. The molecule has 0 spiro atoms. The quantitative estimate of drug-likeness (QED) is 0.746. The molecule has 3 aromatic rings. The Morgan fingerprint density at radius 2 is 2.04 bits per heavy atom. The first-order valence-electron chi connectivity index (χ1n) is 8.77. The molecule has 1 N–H and O–H groups in total. The van der Waals surface area contributed by atoms with Gasteiger partial charge in [-0.05, 0) is 6.92 Å². The Kier molecular flexibility index (Phi) is 3.86. The molecule has 1 atom stereocenters. The highest BCUT2D eigenvalue weighted by atomic mass is 19.3. The Morgan fingerprint density at radius 1 is 1.26 bits per heavy atom. The van der Waals surface area contributed by atoms with Crippen LogP contribution in [0.1, 0.15) is 51.8 Å². The maximum absolute atomic E-state index is 13.8. The number of fused-ring (bicyclic) bond motifs is 1. The van der Waals surface area contributed by atoms with Gasteiger partial charge in [-0.2, -0.15) is 10.3 Å². The highest BCUT2D eigenvalue weighted by Gasteiger charge is 2.40. The van der Waals surface area contributed by atoms with Gasteiger partial charge >= 0.3 is 0 Å². The van der Waals surface area contributed by atoms with Crippen LogP contribution in [0.3, 0.4) is 0 Å². The number of H-pyrrole nitrogens is 1. The summed E-state index contributed by atoms with van der Waals surface area (Å²) in [5.74, 6) is -1.19. The fourth-order valence-electron chi connectivity index (χ4n) is 3.14. The van der Waals surface area contributed by atoms with Crippen molar-refractivity contribution in [2.24, 2.45) is 0 Å². The van der Waals surface area contributed by atoms with Gasteiger partial charge in [-0.1, -0.05) is 26.0 Å². The van der Waals surface area contributed by atoms with E-state index in [1.165, 1.54) is 0 Å². The first-order valence-corrected chi connectivity index (χ1v) is 8.77. The summed E-state index contributed by atoms with van der Waals surface area (Å²) >= 11 is 0. The van der Waals surface area contributed by atoms with Crippen LogP contribution in [0, 0.1) is 0 Å². The molecule has 144 valence electrons. The predicted octanol–water partition coefficient (Wildman–Crippen LogP) is 2.09. The van der Waals surface area contributed by atoms with Gasteiger partial charge in [0.15, 0.2) is 11.5 Å². The first kappa shape index (κ1) is 17.7. The number of alkyl halides is 2. The van der Waals surface area contributed by atoms with Gasteiger partial charge in [0.05, 0.1) is 18.1 Å². The van der Waals surface area contributed by atoms with Crippen molar-refractivity contribution in [1.82, 2.24) is 40.4 Å². The maximum atomic E-state index is 13.8. The molecule has 0 saturated carbocycles. The summed E-state index contributed by atoms with van der Waals surface area (Å²) in [6.07, 6.45) is 1.43. The summed E-state index contributed by atoms with van der Waals surface area (Å²) in [5.41, 5.74) is 0.216. The van der Waals surface area contributed by atoms with Crippen LogP contribution in [0.4, 0.5) is 14.6 Å². The summed E-state index contributed by atoms with van der Waals surface area (Å²) in [4.78, 5) is 10.9. The molecule has 0 amide bonds. The van der Waals surface area contributed by atoms with Crippen molar-refractivity contribution >= 4 is 16.9 Å². The molecule has 0 aliphatic carbocycles. The largest absolute Gasteiger partial charge is 0.350 e. The molecule has 1 fully saturated rings. The second-order valence-electron chi connectivity index (χ2n) is 7.92. The van der Waals surface area contributed by atoms with E-state index in [9.17, 15) is 8.78 Å². The van der Waals surface area contributed by atoms with Crippen LogP contribution in [0.2, 0.25) is 0 Å². The van der Waals surface area contributed by atoms with Crippen molar-refractivity contribution in [2.75, 3.05) is 18.0 Å². The lowest BCUT2D eigenvalue weighted by Gasteiger charge is -2.23. The van der Waals surface area contributed by atoms with Gasteiger partial charge in [-0.15, -0.1) is 10.2 Å². The molecule has 0 radical (unpaired) electrons. The monoisotopic (exact) mass is 377 g/mol. The molecule has 3 aromatic heterocycles. The third-order valence-electron chi connectivity index (χ3n) is 4.68. The summed E-state index contributed by atoms with van der Waals surface area (Å²) < 4.78 is 29.3. The number of anilines is 1. The normalized spacial score (nSPS) is 18.4. The number of aromatic nitrogens is 8. The third kappa shape index (κ3) is 3.10. The van der Waals surface area contributed by atoms with Gasteiger partial charge < -0.3 is 4.90 Å². The van der Waals surface area contributed by atoms with Crippen molar-refractivity contribution in [1.29, 1.82) is 0 Å². The van der Waals surface area contributed by atoms with Gasteiger partial charge in [0, 0.05) is 18.4 Å². The number of halogens is 2. The molecule has 4 heterocycles. The van der Waals surface area contributed by atoms with Crippen molar-refractivity contribution < 1.29 is 8.78 Å². The van der Waals surface area contributed by atoms with Gasteiger partial charge in [-0.25, -0.2) is 23.4 Å².